The molecular formula is C24H27ClN4OS. The number of aromatic nitrogens is 2. The highest BCUT2D eigenvalue weighted by Gasteiger charge is 2.41. The Kier molecular flexibility index (Phi) is 6.32. The highest BCUT2D eigenvalue weighted by molar-refractivity contribution is 7.80. The second-order valence-electron chi connectivity index (χ2n) is 7.91. The lowest BCUT2D eigenvalue weighted by Crippen LogP contribution is -2.32. The first kappa shape index (κ1) is 21.8. The lowest BCUT2D eigenvalue weighted by atomic mass is 9.97. The quantitative estimate of drug-likeness (QED) is 0.526. The summed E-state index contributed by atoms with van der Waals surface area (Å²) in [6.45, 7) is 7.70. The lowest BCUT2D eigenvalue weighted by Gasteiger charge is -2.28. The maximum atomic E-state index is 6.34. The molecule has 2 aromatic heterocycles. The van der Waals surface area contributed by atoms with Crippen molar-refractivity contribution in [2.75, 3.05) is 20.3 Å². The molecule has 4 rings (SSSR count). The summed E-state index contributed by atoms with van der Waals surface area (Å²) >= 11 is 12.1. The summed E-state index contributed by atoms with van der Waals surface area (Å²) in [5, 5.41) is 4.95. The Bertz CT molecular complexity index is 1100. The van der Waals surface area contributed by atoms with Crippen LogP contribution in [0, 0.1) is 20.8 Å². The van der Waals surface area contributed by atoms with Gasteiger partial charge in [-0.2, -0.15) is 0 Å². The fourth-order valence-electron chi connectivity index (χ4n) is 4.46. The molecule has 1 N–H and O–H groups in total. The van der Waals surface area contributed by atoms with E-state index < -0.39 is 0 Å². The van der Waals surface area contributed by atoms with Crippen molar-refractivity contribution in [1.82, 2.24) is 19.8 Å². The van der Waals surface area contributed by atoms with Gasteiger partial charge in [0.15, 0.2) is 5.11 Å². The largest absolute Gasteiger partial charge is 0.383 e. The zero-order valence-electron chi connectivity index (χ0n) is 18.2. The molecule has 1 aliphatic rings. The van der Waals surface area contributed by atoms with Gasteiger partial charge in [0, 0.05) is 41.9 Å². The molecule has 3 aromatic rings. The minimum atomic E-state index is -0.0417. The van der Waals surface area contributed by atoms with Crippen molar-refractivity contribution in [3.63, 3.8) is 0 Å². The molecule has 5 nitrogen and oxygen atoms in total. The molecule has 3 heterocycles. The van der Waals surface area contributed by atoms with Crippen LogP contribution < -0.4 is 5.32 Å². The fourth-order valence-corrected chi connectivity index (χ4v) is 4.95. The first-order valence-electron chi connectivity index (χ1n) is 10.3. The predicted molar refractivity (Wildman–Crippen MR) is 129 cm³/mol. The van der Waals surface area contributed by atoms with Crippen LogP contribution in [0.4, 0.5) is 0 Å². The van der Waals surface area contributed by atoms with Crippen molar-refractivity contribution in [1.29, 1.82) is 0 Å². The third-order valence-corrected chi connectivity index (χ3v) is 6.52. The molecule has 7 heteroatoms. The summed E-state index contributed by atoms with van der Waals surface area (Å²) in [6, 6.07) is 14.2. The minimum Gasteiger partial charge on any atom is -0.383 e. The van der Waals surface area contributed by atoms with E-state index in [-0.39, 0.29) is 12.1 Å². The topological polar surface area (TPSA) is 42.3 Å². The number of hydrogen-bond donors (Lipinski definition) is 1. The van der Waals surface area contributed by atoms with Crippen LogP contribution in [0.5, 0.6) is 0 Å². The van der Waals surface area contributed by atoms with Gasteiger partial charge >= 0.3 is 0 Å². The van der Waals surface area contributed by atoms with Crippen molar-refractivity contribution in [2.24, 2.45) is 0 Å². The monoisotopic (exact) mass is 454 g/mol. The average molecular weight is 455 g/mol. The van der Waals surface area contributed by atoms with E-state index >= 15 is 0 Å². The molecule has 31 heavy (non-hydrogen) atoms. The van der Waals surface area contributed by atoms with Gasteiger partial charge in [-0.05, 0) is 74.4 Å². The van der Waals surface area contributed by atoms with Gasteiger partial charge < -0.3 is 19.5 Å². The smallest absolute Gasteiger partial charge is 0.170 e. The van der Waals surface area contributed by atoms with Gasteiger partial charge in [-0.1, -0.05) is 23.7 Å². The van der Waals surface area contributed by atoms with E-state index in [9.17, 15) is 0 Å². The SMILES string of the molecule is COCCN1C(=S)N[C@@H](c2ccccn2)[C@@H]1c1cc(C)n(-c2cc(Cl)ccc2C)c1C. The van der Waals surface area contributed by atoms with Gasteiger partial charge in [-0.25, -0.2) is 0 Å². The Morgan fingerprint density at radius 2 is 1.97 bits per heavy atom. The van der Waals surface area contributed by atoms with Crippen LogP contribution >= 0.6 is 23.8 Å². The summed E-state index contributed by atoms with van der Waals surface area (Å²) in [4.78, 5) is 6.84. The Balaban J connectivity index is 1.84. The van der Waals surface area contributed by atoms with Gasteiger partial charge in [0.25, 0.3) is 0 Å². The van der Waals surface area contributed by atoms with Gasteiger partial charge in [0.05, 0.1) is 24.4 Å². The number of methoxy groups -OCH3 is 1. The van der Waals surface area contributed by atoms with Crippen molar-refractivity contribution in [3.05, 3.63) is 81.9 Å². The molecule has 0 spiro atoms. The number of nitrogens with one attached hydrogen (secondary N) is 1. The van der Waals surface area contributed by atoms with Crippen LogP contribution in [0.1, 0.15) is 40.3 Å². The highest BCUT2D eigenvalue weighted by atomic mass is 35.5. The number of hydrogen-bond acceptors (Lipinski definition) is 3. The molecule has 1 saturated heterocycles. The van der Waals surface area contributed by atoms with Crippen LogP contribution in [-0.4, -0.2) is 39.8 Å². The number of rotatable bonds is 6. The molecule has 2 atom stereocenters. The number of ether oxygens (including phenoxy) is 1. The second-order valence-corrected chi connectivity index (χ2v) is 8.73. The molecule has 0 radical (unpaired) electrons. The molecule has 0 saturated carbocycles. The van der Waals surface area contributed by atoms with Crippen LogP contribution in [0.15, 0.2) is 48.7 Å². The number of halogens is 1. The van der Waals surface area contributed by atoms with Crippen LogP contribution in [0.2, 0.25) is 5.02 Å². The molecule has 0 aliphatic carbocycles. The Morgan fingerprint density at radius 3 is 2.68 bits per heavy atom. The van der Waals surface area contributed by atoms with Gasteiger partial charge in [-0.3, -0.25) is 4.98 Å². The summed E-state index contributed by atoms with van der Waals surface area (Å²) in [5.41, 5.74) is 6.79. The molecule has 0 amide bonds. The maximum absolute atomic E-state index is 6.34. The first-order valence-corrected chi connectivity index (χ1v) is 11.1. The van der Waals surface area contributed by atoms with Crippen molar-refractivity contribution in [2.45, 2.75) is 32.9 Å². The van der Waals surface area contributed by atoms with Gasteiger partial charge in [0.1, 0.15) is 0 Å². The average Bonchev–Trinajstić information content (AvgIpc) is 3.24. The van der Waals surface area contributed by atoms with Crippen molar-refractivity contribution >= 4 is 28.9 Å². The van der Waals surface area contributed by atoms with E-state index in [0.717, 1.165) is 27.2 Å². The number of aryl methyl sites for hydroxylation is 2. The number of nitrogens with zero attached hydrogens (tertiary/aromatic N) is 3. The van der Waals surface area contributed by atoms with E-state index in [1.165, 1.54) is 16.8 Å². The maximum Gasteiger partial charge on any atom is 0.170 e. The number of thiocarbonyl (C=S) groups is 1. The van der Waals surface area contributed by atoms with E-state index in [0.29, 0.717) is 13.2 Å². The third kappa shape index (κ3) is 4.07. The zero-order chi connectivity index (χ0) is 22.1. The predicted octanol–water partition coefficient (Wildman–Crippen LogP) is 5.07. The highest BCUT2D eigenvalue weighted by Crippen LogP contribution is 2.41. The van der Waals surface area contributed by atoms with E-state index in [4.69, 9.17) is 28.6 Å². The van der Waals surface area contributed by atoms with Crippen molar-refractivity contribution < 1.29 is 4.74 Å². The normalized spacial score (nSPS) is 18.5. The summed E-state index contributed by atoms with van der Waals surface area (Å²) < 4.78 is 7.65. The fraction of sp³-hybridized carbons (Fsp3) is 0.333. The Morgan fingerprint density at radius 1 is 1.16 bits per heavy atom. The van der Waals surface area contributed by atoms with Gasteiger partial charge in [-0.15, -0.1) is 0 Å². The minimum absolute atomic E-state index is 0.0111. The van der Waals surface area contributed by atoms with Crippen molar-refractivity contribution in [3.8, 4) is 5.69 Å². The van der Waals surface area contributed by atoms with Crippen LogP contribution in [0.25, 0.3) is 5.69 Å². The summed E-state index contributed by atoms with van der Waals surface area (Å²) in [5.74, 6) is 0. The molecule has 1 aromatic carbocycles. The number of benzene rings is 1. The lowest BCUT2D eigenvalue weighted by molar-refractivity contribution is 0.164. The van der Waals surface area contributed by atoms with E-state index in [2.05, 4.69) is 52.7 Å². The summed E-state index contributed by atoms with van der Waals surface area (Å²) in [7, 11) is 1.71. The first-order chi connectivity index (χ1) is 14.9. The molecule has 0 unspecified atom stereocenters. The second kappa shape index (κ2) is 8.99. The van der Waals surface area contributed by atoms with E-state index in [1.807, 2.05) is 36.5 Å². The molecular weight excluding hydrogens is 428 g/mol. The number of pyridine rings is 1. The third-order valence-electron chi connectivity index (χ3n) is 5.94. The van der Waals surface area contributed by atoms with Gasteiger partial charge in [0.2, 0.25) is 0 Å². The Hall–Kier alpha value is -2.41. The Labute approximate surface area is 194 Å². The standard InChI is InChI=1S/C24H27ClN4OS/c1-15-8-9-18(25)14-21(15)29-16(2)13-19(17(29)3)23-22(20-7-5-6-10-26-20)27-24(31)28(23)11-12-30-4/h5-10,13-14,22-23H,11-12H2,1-4H3,(H,27,31)/t22-,23-/m0/s1. The van der Waals surface area contributed by atoms with Crippen LogP contribution in [0.3, 0.4) is 0 Å². The molecule has 162 valence electrons. The summed E-state index contributed by atoms with van der Waals surface area (Å²) in [6.07, 6.45) is 1.83. The molecule has 1 fully saturated rings. The molecule has 0 bridgehead atoms. The van der Waals surface area contributed by atoms with Crippen LogP contribution in [-0.2, 0) is 4.74 Å². The zero-order valence-corrected chi connectivity index (χ0v) is 19.8. The molecule has 1 aliphatic heterocycles. The van der Waals surface area contributed by atoms with E-state index in [1.54, 1.807) is 7.11 Å².